The van der Waals surface area contributed by atoms with E-state index in [1.807, 2.05) is 13.0 Å². The molecule has 0 aliphatic heterocycles. The van der Waals surface area contributed by atoms with Crippen LogP contribution in [-0.4, -0.2) is 20.7 Å². The molecule has 2 heterocycles. The Hall–Kier alpha value is -4.08. The van der Waals surface area contributed by atoms with Gasteiger partial charge in [-0.2, -0.15) is 26.3 Å². The van der Waals surface area contributed by atoms with Crippen LogP contribution in [-0.2, 0) is 25.2 Å². The second-order valence-electron chi connectivity index (χ2n) is 8.43. The number of nitrogens with zero attached hydrogens (tertiary/aromatic N) is 3. The molecular weight excluding hydrogens is 496 g/mol. The maximum absolute atomic E-state index is 13.2. The number of rotatable bonds is 6. The number of hydrogen-bond acceptors (Lipinski definition) is 4. The third-order valence-electron chi connectivity index (χ3n) is 5.70. The van der Waals surface area contributed by atoms with Crippen molar-refractivity contribution < 1.29 is 31.1 Å². The molecule has 0 amide bonds. The lowest BCUT2D eigenvalue weighted by Crippen LogP contribution is -2.14. The summed E-state index contributed by atoms with van der Waals surface area (Å²) in [4.78, 5) is 25.7. The van der Waals surface area contributed by atoms with E-state index < -0.39 is 34.8 Å². The number of carbonyl (C=O) groups excluding carboxylic acids is 1. The molecule has 0 aliphatic carbocycles. The molecule has 0 unspecified atom stereocenters. The van der Waals surface area contributed by atoms with Crippen LogP contribution in [0.15, 0.2) is 73.2 Å². The first-order valence-corrected chi connectivity index (χ1v) is 11.0. The third-order valence-corrected chi connectivity index (χ3v) is 5.70. The van der Waals surface area contributed by atoms with Gasteiger partial charge in [0.05, 0.1) is 16.8 Å². The van der Waals surface area contributed by atoms with Crippen LogP contribution in [0.2, 0.25) is 0 Å². The molecule has 0 saturated heterocycles. The average Bonchev–Trinajstić information content (AvgIpc) is 2.85. The van der Waals surface area contributed by atoms with Gasteiger partial charge in [-0.3, -0.25) is 9.78 Å². The van der Waals surface area contributed by atoms with Gasteiger partial charge in [0.1, 0.15) is 5.82 Å². The SMILES string of the molecule is Cc1ccc(CC(=O)c2cc(C(F)(F)F)cc(C(F)(F)F)c2)cc1Cc1nccc(-c2cccnc2)n1. The van der Waals surface area contributed by atoms with Crippen molar-refractivity contribution in [2.45, 2.75) is 32.1 Å². The molecule has 0 spiro atoms. The van der Waals surface area contributed by atoms with Gasteiger partial charge in [0.2, 0.25) is 0 Å². The van der Waals surface area contributed by atoms with Crippen LogP contribution in [0.3, 0.4) is 0 Å². The summed E-state index contributed by atoms with van der Waals surface area (Å²) in [6, 6.07) is 11.3. The lowest BCUT2D eigenvalue weighted by atomic mass is 9.95. The Morgan fingerprint density at radius 2 is 1.57 bits per heavy atom. The van der Waals surface area contributed by atoms with E-state index >= 15 is 0 Å². The van der Waals surface area contributed by atoms with Crippen molar-refractivity contribution in [3.63, 3.8) is 0 Å². The minimum atomic E-state index is -5.03. The summed E-state index contributed by atoms with van der Waals surface area (Å²) in [5.41, 5.74) is -0.147. The number of hydrogen-bond donors (Lipinski definition) is 0. The monoisotopic (exact) mass is 515 g/mol. The first-order chi connectivity index (χ1) is 17.4. The molecule has 37 heavy (non-hydrogen) atoms. The van der Waals surface area contributed by atoms with E-state index in [1.165, 1.54) is 0 Å². The zero-order valence-electron chi connectivity index (χ0n) is 19.4. The lowest BCUT2D eigenvalue weighted by Gasteiger charge is -2.14. The highest BCUT2D eigenvalue weighted by Crippen LogP contribution is 2.36. The predicted molar refractivity (Wildman–Crippen MR) is 124 cm³/mol. The summed E-state index contributed by atoms with van der Waals surface area (Å²) in [7, 11) is 0. The highest BCUT2D eigenvalue weighted by Gasteiger charge is 2.37. The molecule has 2 aromatic heterocycles. The number of Topliss-reactive ketones (excluding diaryl/α,β-unsaturated/α-hetero) is 1. The van der Waals surface area contributed by atoms with Gasteiger partial charge in [-0.15, -0.1) is 0 Å². The van der Waals surface area contributed by atoms with Crippen molar-refractivity contribution in [1.82, 2.24) is 15.0 Å². The van der Waals surface area contributed by atoms with Crippen LogP contribution in [0.4, 0.5) is 26.3 Å². The van der Waals surface area contributed by atoms with Crippen molar-refractivity contribution in [2.24, 2.45) is 0 Å². The number of alkyl halides is 6. The quantitative estimate of drug-likeness (QED) is 0.207. The summed E-state index contributed by atoms with van der Waals surface area (Å²) in [6.45, 7) is 1.84. The van der Waals surface area contributed by atoms with Gasteiger partial charge in [-0.1, -0.05) is 18.2 Å². The van der Waals surface area contributed by atoms with Crippen LogP contribution in [0, 0.1) is 6.92 Å². The van der Waals surface area contributed by atoms with Crippen molar-refractivity contribution >= 4 is 5.78 Å². The molecule has 0 fully saturated rings. The fourth-order valence-electron chi connectivity index (χ4n) is 3.76. The molecule has 0 aliphatic rings. The van der Waals surface area contributed by atoms with Crippen LogP contribution >= 0.6 is 0 Å². The number of aromatic nitrogens is 3. The molecule has 190 valence electrons. The number of benzene rings is 2. The fraction of sp³-hybridized carbons (Fsp3) is 0.185. The van der Waals surface area contributed by atoms with E-state index in [9.17, 15) is 31.1 Å². The second-order valence-corrected chi connectivity index (χ2v) is 8.43. The van der Waals surface area contributed by atoms with E-state index in [1.54, 1.807) is 48.9 Å². The number of ketones is 1. The summed E-state index contributed by atoms with van der Waals surface area (Å²) < 4.78 is 79.0. The Kier molecular flexibility index (Phi) is 7.11. The van der Waals surface area contributed by atoms with Crippen LogP contribution < -0.4 is 0 Å². The Balaban J connectivity index is 1.59. The third kappa shape index (κ3) is 6.38. The molecule has 10 heteroatoms. The topological polar surface area (TPSA) is 55.7 Å². The highest BCUT2D eigenvalue weighted by atomic mass is 19.4. The zero-order chi connectivity index (χ0) is 26.8. The molecule has 4 rings (SSSR count). The highest BCUT2D eigenvalue weighted by molar-refractivity contribution is 5.98. The molecule has 0 N–H and O–H groups in total. The molecule has 0 radical (unpaired) electrons. The average molecular weight is 515 g/mol. The first-order valence-electron chi connectivity index (χ1n) is 11.0. The Bertz CT molecular complexity index is 1400. The first kappa shape index (κ1) is 26.0. The minimum absolute atomic E-state index is 0.000384. The molecular formula is C27H19F6N3O. The largest absolute Gasteiger partial charge is 0.416 e. The van der Waals surface area contributed by atoms with Gasteiger partial charge in [-0.25, -0.2) is 9.97 Å². The van der Waals surface area contributed by atoms with Crippen LogP contribution in [0.5, 0.6) is 0 Å². The minimum Gasteiger partial charge on any atom is -0.294 e. The van der Waals surface area contributed by atoms with E-state index in [4.69, 9.17) is 0 Å². The molecule has 4 nitrogen and oxygen atoms in total. The van der Waals surface area contributed by atoms with Crippen molar-refractivity contribution in [1.29, 1.82) is 0 Å². The predicted octanol–water partition coefficient (Wildman–Crippen LogP) is 6.90. The normalized spacial score (nSPS) is 12.0. The Morgan fingerprint density at radius 1 is 0.865 bits per heavy atom. The Morgan fingerprint density at radius 3 is 2.19 bits per heavy atom. The Labute approximate surface area is 208 Å². The molecule has 0 atom stereocenters. The summed E-state index contributed by atoms with van der Waals surface area (Å²) in [5.74, 6) is -0.359. The molecule has 0 saturated carbocycles. The maximum atomic E-state index is 13.2. The zero-order valence-corrected chi connectivity index (χ0v) is 19.4. The van der Waals surface area contributed by atoms with Gasteiger partial charge in [0.15, 0.2) is 5.78 Å². The van der Waals surface area contributed by atoms with Crippen molar-refractivity contribution in [3.05, 3.63) is 112 Å². The van der Waals surface area contributed by atoms with Gasteiger partial charge in [-0.05, 0) is 60.0 Å². The van der Waals surface area contributed by atoms with E-state index in [2.05, 4.69) is 15.0 Å². The van der Waals surface area contributed by atoms with Gasteiger partial charge < -0.3 is 0 Å². The van der Waals surface area contributed by atoms with E-state index in [-0.39, 0.29) is 12.5 Å². The van der Waals surface area contributed by atoms with Gasteiger partial charge in [0.25, 0.3) is 0 Å². The number of aryl methyl sites for hydroxylation is 1. The van der Waals surface area contributed by atoms with Crippen LogP contribution in [0.1, 0.15) is 44.0 Å². The molecule has 2 aromatic carbocycles. The summed E-state index contributed by atoms with van der Waals surface area (Å²) in [6.07, 6.45) is -5.20. The fourth-order valence-corrected chi connectivity index (χ4v) is 3.76. The van der Waals surface area contributed by atoms with Crippen molar-refractivity contribution in [3.8, 4) is 11.3 Å². The standard InChI is InChI=1S/C27H19F6N3O/c1-16-4-5-17(9-19(16)13-25-35-8-6-23(36-25)18-3-2-7-34-15-18)10-24(37)20-11-21(26(28,29)30)14-22(12-20)27(31,32)33/h2-9,11-12,14-15H,10,13H2,1H3. The maximum Gasteiger partial charge on any atom is 0.416 e. The van der Waals surface area contributed by atoms with E-state index in [0.717, 1.165) is 16.7 Å². The van der Waals surface area contributed by atoms with Crippen LogP contribution in [0.25, 0.3) is 11.3 Å². The van der Waals surface area contributed by atoms with Gasteiger partial charge >= 0.3 is 12.4 Å². The number of halogens is 6. The van der Waals surface area contributed by atoms with Gasteiger partial charge in [0, 0.05) is 42.6 Å². The summed E-state index contributed by atoms with van der Waals surface area (Å²) >= 11 is 0. The molecule has 4 aromatic rings. The number of carbonyl (C=O) groups is 1. The number of pyridine rings is 1. The second kappa shape index (κ2) is 10.1. The molecule has 0 bridgehead atoms. The van der Waals surface area contributed by atoms with E-state index in [0.29, 0.717) is 35.6 Å². The smallest absolute Gasteiger partial charge is 0.294 e. The van der Waals surface area contributed by atoms with Crippen molar-refractivity contribution in [2.75, 3.05) is 0 Å². The lowest BCUT2D eigenvalue weighted by molar-refractivity contribution is -0.143. The summed E-state index contributed by atoms with van der Waals surface area (Å²) in [5, 5.41) is 0.